The zero-order valence-electron chi connectivity index (χ0n) is 17.7. The summed E-state index contributed by atoms with van der Waals surface area (Å²) < 4.78 is 25.4. The molecule has 0 aromatic heterocycles. The van der Waals surface area contributed by atoms with Crippen LogP contribution in [0.15, 0.2) is 76.8 Å². The molecule has 1 fully saturated rings. The lowest BCUT2D eigenvalue weighted by Crippen LogP contribution is -2.35. The average molecular weight is 511 g/mol. The van der Waals surface area contributed by atoms with Crippen LogP contribution < -0.4 is 19.9 Å². The maximum absolute atomic E-state index is 13.1. The molecule has 2 amide bonds. The minimum absolute atomic E-state index is 0.00758. The molecule has 1 aliphatic heterocycles. The number of rotatable bonds is 7. The van der Waals surface area contributed by atoms with Crippen molar-refractivity contribution in [2.45, 2.75) is 13.5 Å². The quantitative estimate of drug-likeness (QED) is 0.357. The van der Waals surface area contributed by atoms with Gasteiger partial charge in [0.05, 0.1) is 16.8 Å². The topological polar surface area (TPSA) is 67.9 Å². The van der Waals surface area contributed by atoms with Crippen molar-refractivity contribution in [3.8, 4) is 11.5 Å². The number of ether oxygens (including phenoxy) is 2. The molecule has 1 saturated heterocycles. The Labute approximate surface area is 198 Å². The lowest BCUT2D eigenvalue weighted by Gasteiger charge is -2.15. The molecule has 6 nitrogen and oxygen atoms in total. The summed E-state index contributed by atoms with van der Waals surface area (Å²) >= 11 is 3.49. The van der Waals surface area contributed by atoms with Crippen molar-refractivity contribution in [3.63, 3.8) is 0 Å². The van der Waals surface area contributed by atoms with E-state index in [0.717, 1.165) is 5.56 Å². The zero-order valence-corrected chi connectivity index (χ0v) is 19.3. The number of hydrogen-bond donors (Lipinski definition) is 1. The average Bonchev–Trinajstić information content (AvgIpc) is 3.09. The van der Waals surface area contributed by atoms with E-state index in [2.05, 4.69) is 21.4 Å². The largest absolute Gasteiger partial charge is 0.490 e. The van der Waals surface area contributed by atoms with Crippen LogP contribution in [0.1, 0.15) is 18.1 Å². The minimum Gasteiger partial charge on any atom is -0.490 e. The molecule has 4 rings (SSSR count). The number of amides is 2. The number of benzene rings is 3. The minimum atomic E-state index is -0.491. The normalized spacial score (nSPS) is 14.5. The van der Waals surface area contributed by atoms with E-state index < -0.39 is 11.8 Å². The Kier molecular flexibility index (Phi) is 6.74. The predicted molar refractivity (Wildman–Crippen MR) is 126 cm³/mol. The van der Waals surface area contributed by atoms with Gasteiger partial charge in [0.15, 0.2) is 11.5 Å². The Morgan fingerprint density at radius 1 is 1.03 bits per heavy atom. The second kappa shape index (κ2) is 9.87. The van der Waals surface area contributed by atoms with Crippen LogP contribution in [0, 0.1) is 5.82 Å². The highest BCUT2D eigenvalue weighted by atomic mass is 79.9. The van der Waals surface area contributed by atoms with Crippen LogP contribution in [-0.2, 0) is 16.2 Å². The summed E-state index contributed by atoms with van der Waals surface area (Å²) in [5.74, 6) is -0.335. The van der Waals surface area contributed by atoms with Gasteiger partial charge in [-0.2, -0.15) is 0 Å². The first-order valence-corrected chi connectivity index (χ1v) is 11.0. The van der Waals surface area contributed by atoms with Crippen LogP contribution in [0.5, 0.6) is 11.5 Å². The third kappa shape index (κ3) is 5.06. The molecule has 0 unspecified atom stereocenters. The zero-order chi connectivity index (χ0) is 23.4. The number of carbonyl (C=O) groups is 2. The van der Waals surface area contributed by atoms with Gasteiger partial charge in [-0.3, -0.25) is 15.0 Å². The summed E-state index contributed by atoms with van der Waals surface area (Å²) in [5, 5.41) is 1.22. The molecule has 1 N–H and O–H groups in total. The summed E-state index contributed by atoms with van der Waals surface area (Å²) in [4.78, 5) is 25.3. The number of carbonyl (C=O) groups excluding carboxylic acids is 2. The molecule has 0 radical (unpaired) electrons. The van der Waals surface area contributed by atoms with Crippen molar-refractivity contribution in [3.05, 3.63) is 93.7 Å². The summed E-state index contributed by atoms with van der Waals surface area (Å²) in [6.45, 7) is 2.45. The molecule has 8 heteroatoms. The predicted octanol–water partition coefficient (Wildman–Crippen LogP) is 5.03. The summed E-state index contributed by atoms with van der Waals surface area (Å²) in [6.07, 6.45) is 1.51. The number of anilines is 1. The van der Waals surface area contributed by atoms with Gasteiger partial charge in [-0.1, -0.05) is 30.3 Å². The Morgan fingerprint density at radius 2 is 1.76 bits per heavy atom. The van der Waals surface area contributed by atoms with Crippen molar-refractivity contribution in [1.29, 1.82) is 0 Å². The van der Waals surface area contributed by atoms with E-state index in [1.165, 1.54) is 23.2 Å². The number of halogens is 2. The van der Waals surface area contributed by atoms with Gasteiger partial charge in [-0.25, -0.2) is 9.40 Å². The molecule has 168 valence electrons. The molecule has 0 saturated carbocycles. The van der Waals surface area contributed by atoms with Gasteiger partial charge >= 0.3 is 0 Å². The molecule has 0 bridgehead atoms. The van der Waals surface area contributed by atoms with Gasteiger partial charge in [0.1, 0.15) is 18.0 Å². The lowest BCUT2D eigenvalue weighted by atomic mass is 10.1. The fourth-order valence-electron chi connectivity index (χ4n) is 3.29. The van der Waals surface area contributed by atoms with Crippen molar-refractivity contribution in [2.24, 2.45) is 0 Å². The molecule has 1 aliphatic rings. The van der Waals surface area contributed by atoms with Gasteiger partial charge in [0.25, 0.3) is 11.8 Å². The Balaban J connectivity index is 1.60. The molecular weight excluding hydrogens is 491 g/mol. The second-order valence-corrected chi connectivity index (χ2v) is 8.01. The lowest BCUT2D eigenvalue weighted by molar-refractivity contribution is -0.117. The van der Waals surface area contributed by atoms with Gasteiger partial charge in [0, 0.05) is 0 Å². The molecular formula is C25H20BrFN2O4. The van der Waals surface area contributed by atoms with Crippen LogP contribution >= 0.6 is 15.9 Å². The SMILES string of the molecule is CCOc1cc(/C=C2/C(=O)NN(c3ccccc3)C2=O)cc(Br)c1OCc1ccc(F)cc1. The van der Waals surface area contributed by atoms with E-state index in [1.54, 1.807) is 48.5 Å². The van der Waals surface area contributed by atoms with E-state index in [9.17, 15) is 14.0 Å². The van der Waals surface area contributed by atoms with Gasteiger partial charge in [-0.15, -0.1) is 0 Å². The highest BCUT2D eigenvalue weighted by Crippen LogP contribution is 2.38. The van der Waals surface area contributed by atoms with Crippen LogP contribution in [0.25, 0.3) is 6.08 Å². The number of nitrogens with one attached hydrogen (secondary N) is 1. The van der Waals surface area contributed by atoms with Crippen LogP contribution in [0.2, 0.25) is 0 Å². The van der Waals surface area contributed by atoms with Crippen molar-refractivity contribution in [1.82, 2.24) is 5.43 Å². The number of nitrogens with zero attached hydrogens (tertiary/aromatic N) is 1. The number of para-hydroxylation sites is 1. The summed E-state index contributed by atoms with van der Waals surface area (Å²) in [6, 6.07) is 18.3. The first-order valence-electron chi connectivity index (χ1n) is 10.2. The van der Waals surface area contributed by atoms with Gasteiger partial charge in [0.2, 0.25) is 0 Å². The van der Waals surface area contributed by atoms with Crippen LogP contribution in [-0.4, -0.2) is 18.4 Å². The Bertz CT molecular complexity index is 1210. The van der Waals surface area contributed by atoms with Crippen LogP contribution in [0.3, 0.4) is 0 Å². The van der Waals surface area contributed by atoms with Crippen molar-refractivity contribution >= 4 is 39.5 Å². The molecule has 0 aliphatic carbocycles. The summed E-state index contributed by atoms with van der Waals surface area (Å²) in [7, 11) is 0. The van der Waals surface area contributed by atoms with Gasteiger partial charge < -0.3 is 9.47 Å². The third-order valence-electron chi connectivity index (χ3n) is 4.84. The van der Waals surface area contributed by atoms with E-state index in [4.69, 9.17) is 9.47 Å². The highest BCUT2D eigenvalue weighted by Gasteiger charge is 2.34. The van der Waals surface area contributed by atoms with Crippen molar-refractivity contribution in [2.75, 3.05) is 11.6 Å². The molecule has 1 heterocycles. The first-order chi connectivity index (χ1) is 16.0. The fourth-order valence-corrected chi connectivity index (χ4v) is 3.87. The van der Waals surface area contributed by atoms with Gasteiger partial charge in [-0.05, 0) is 76.5 Å². The third-order valence-corrected chi connectivity index (χ3v) is 5.43. The standard InChI is InChI=1S/C25H20BrFN2O4/c1-2-32-22-14-17(13-21(26)23(22)33-15-16-8-10-18(27)11-9-16)12-20-24(30)28-29(25(20)31)19-6-4-3-5-7-19/h3-14H,2,15H2,1H3,(H,28,30)/b20-12-. The summed E-state index contributed by atoms with van der Waals surface area (Å²) in [5.41, 5.74) is 4.55. The maximum Gasteiger partial charge on any atom is 0.282 e. The van der Waals surface area contributed by atoms with E-state index >= 15 is 0 Å². The molecule has 33 heavy (non-hydrogen) atoms. The molecule has 3 aromatic rings. The Hall–Kier alpha value is -3.65. The second-order valence-electron chi connectivity index (χ2n) is 7.15. The number of hydrazine groups is 1. The highest BCUT2D eigenvalue weighted by molar-refractivity contribution is 9.10. The molecule has 0 spiro atoms. The fraction of sp³-hybridized carbons (Fsp3) is 0.120. The first kappa shape index (κ1) is 22.5. The smallest absolute Gasteiger partial charge is 0.282 e. The molecule has 3 aromatic carbocycles. The molecule has 0 atom stereocenters. The van der Waals surface area contributed by atoms with Crippen LogP contribution in [0.4, 0.5) is 10.1 Å². The van der Waals surface area contributed by atoms with Crippen molar-refractivity contribution < 1.29 is 23.5 Å². The maximum atomic E-state index is 13.1. The van der Waals surface area contributed by atoms with E-state index in [0.29, 0.717) is 33.8 Å². The van der Waals surface area contributed by atoms with E-state index in [1.807, 2.05) is 13.0 Å². The monoisotopic (exact) mass is 510 g/mol. The van der Waals surface area contributed by atoms with E-state index in [-0.39, 0.29) is 18.0 Å². The number of hydrogen-bond acceptors (Lipinski definition) is 4. The Morgan fingerprint density at radius 3 is 2.45 bits per heavy atom.